The minimum atomic E-state index is -0.635. The fourth-order valence-corrected chi connectivity index (χ4v) is 1.52. The van der Waals surface area contributed by atoms with Gasteiger partial charge in [0.1, 0.15) is 0 Å². The van der Waals surface area contributed by atoms with Crippen molar-refractivity contribution in [1.29, 1.82) is 0 Å². The normalized spacial score (nSPS) is 21.1. The van der Waals surface area contributed by atoms with Crippen molar-refractivity contribution >= 4 is 5.97 Å². The molecule has 0 aromatic carbocycles. The monoisotopic (exact) mass is 185 g/mol. The highest BCUT2D eigenvalue weighted by Crippen LogP contribution is 2.45. The Bertz CT molecular complexity index is 187. The second-order valence-electron chi connectivity index (χ2n) is 4.16. The van der Waals surface area contributed by atoms with E-state index in [2.05, 4.69) is 19.2 Å². The summed E-state index contributed by atoms with van der Waals surface area (Å²) in [6.45, 7) is 4.90. The lowest BCUT2D eigenvalue weighted by atomic mass is 10.1. The van der Waals surface area contributed by atoms with E-state index in [4.69, 9.17) is 5.11 Å². The predicted molar refractivity (Wildman–Crippen MR) is 51.7 cm³/mol. The molecule has 1 fully saturated rings. The Labute approximate surface area is 79.5 Å². The summed E-state index contributed by atoms with van der Waals surface area (Å²) in [7, 11) is 0. The van der Waals surface area contributed by atoms with E-state index >= 15 is 0 Å². The molecule has 0 aliphatic heterocycles. The topological polar surface area (TPSA) is 49.3 Å². The van der Waals surface area contributed by atoms with Crippen molar-refractivity contribution in [3.05, 3.63) is 0 Å². The van der Waals surface area contributed by atoms with Crippen LogP contribution in [0.25, 0.3) is 0 Å². The highest BCUT2D eigenvalue weighted by molar-refractivity contribution is 5.78. The molecule has 1 unspecified atom stereocenters. The maximum Gasteiger partial charge on any atom is 0.310 e. The van der Waals surface area contributed by atoms with Crippen molar-refractivity contribution in [2.45, 2.75) is 45.6 Å². The lowest BCUT2D eigenvalue weighted by molar-refractivity contribution is -0.143. The quantitative estimate of drug-likeness (QED) is 0.661. The SMILES string of the molecule is CCCC(C)NCC1(C(=O)O)CC1. The summed E-state index contributed by atoms with van der Waals surface area (Å²) in [6.07, 6.45) is 3.95. The third-order valence-electron chi connectivity index (χ3n) is 2.82. The molecule has 1 rings (SSSR count). The molecule has 0 bridgehead atoms. The predicted octanol–water partition coefficient (Wildman–Crippen LogP) is 1.63. The van der Waals surface area contributed by atoms with Crippen molar-refractivity contribution in [1.82, 2.24) is 5.32 Å². The van der Waals surface area contributed by atoms with Crippen LogP contribution in [-0.4, -0.2) is 23.7 Å². The second-order valence-corrected chi connectivity index (χ2v) is 4.16. The molecule has 0 spiro atoms. The molecule has 0 aromatic rings. The molecular formula is C10H19NO2. The maximum atomic E-state index is 10.8. The van der Waals surface area contributed by atoms with Crippen LogP contribution in [0.4, 0.5) is 0 Å². The second kappa shape index (κ2) is 4.09. The van der Waals surface area contributed by atoms with E-state index < -0.39 is 11.4 Å². The van der Waals surface area contributed by atoms with E-state index in [0.717, 1.165) is 25.7 Å². The van der Waals surface area contributed by atoms with Gasteiger partial charge in [0.25, 0.3) is 0 Å². The summed E-state index contributed by atoms with van der Waals surface area (Å²) in [4.78, 5) is 10.8. The minimum absolute atomic E-state index is 0.415. The van der Waals surface area contributed by atoms with Crippen LogP contribution < -0.4 is 5.32 Å². The van der Waals surface area contributed by atoms with Crippen molar-refractivity contribution in [3.8, 4) is 0 Å². The van der Waals surface area contributed by atoms with E-state index in [-0.39, 0.29) is 0 Å². The summed E-state index contributed by atoms with van der Waals surface area (Å²) in [6, 6.07) is 0.446. The van der Waals surface area contributed by atoms with Crippen LogP contribution in [0.3, 0.4) is 0 Å². The van der Waals surface area contributed by atoms with Gasteiger partial charge in [-0.3, -0.25) is 4.79 Å². The Hall–Kier alpha value is -0.570. The number of carbonyl (C=O) groups is 1. The van der Waals surface area contributed by atoms with E-state index in [9.17, 15) is 4.79 Å². The number of carboxylic acids is 1. The molecule has 13 heavy (non-hydrogen) atoms. The van der Waals surface area contributed by atoms with Gasteiger partial charge < -0.3 is 10.4 Å². The number of hydrogen-bond donors (Lipinski definition) is 2. The van der Waals surface area contributed by atoms with Gasteiger partial charge in [0, 0.05) is 12.6 Å². The summed E-state index contributed by atoms with van der Waals surface area (Å²) in [5.41, 5.74) is -0.415. The summed E-state index contributed by atoms with van der Waals surface area (Å²) in [5, 5.41) is 12.2. The highest BCUT2D eigenvalue weighted by atomic mass is 16.4. The van der Waals surface area contributed by atoms with Crippen molar-refractivity contribution < 1.29 is 9.90 Å². The minimum Gasteiger partial charge on any atom is -0.481 e. The number of nitrogens with one attached hydrogen (secondary N) is 1. The molecule has 1 saturated carbocycles. The Morgan fingerprint density at radius 1 is 1.62 bits per heavy atom. The Balaban J connectivity index is 2.22. The fourth-order valence-electron chi connectivity index (χ4n) is 1.52. The zero-order valence-corrected chi connectivity index (χ0v) is 8.47. The summed E-state index contributed by atoms with van der Waals surface area (Å²) >= 11 is 0. The van der Waals surface area contributed by atoms with Crippen LogP contribution in [0.5, 0.6) is 0 Å². The average molecular weight is 185 g/mol. The third-order valence-corrected chi connectivity index (χ3v) is 2.82. The number of hydrogen-bond acceptors (Lipinski definition) is 2. The molecule has 3 heteroatoms. The highest BCUT2D eigenvalue weighted by Gasteiger charge is 2.49. The smallest absolute Gasteiger partial charge is 0.310 e. The van der Waals surface area contributed by atoms with Crippen molar-refractivity contribution in [2.75, 3.05) is 6.54 Å². The Morgan fingerprint density at radius 3 is 2.62 bits per heavy atom. The van der Waals surface area contributed by atoms with Crippen LogP contribution in [0, 0.1) is 5.41 Å². The van der Waals surface area contributed by atoms with E-state index in [0.29, 0.717) is 12.6 Å². The van der Waals surface area contributed by atoms with Gasteiger partial charge in [0.2, 0.25) is 0 Å². The molecule has 0 heterocycles. The molecule has 0 amide bonds. The Morgan fingerprint density at radius 2 is 2.23 bits per heavy atom. The van der Waals surface area contributed by atoms with Gasteiger partial charge >= 0.3 is 5.97 Å². The third kappa shape index (κ3) is 2.69. The Kier molecular flexibility index (Phi) is 3.31. The summed E-state index contributed by atoms with van der Waals surface area (Å²) in [5.74, 6) is -0.635. The fraction of sp³-hybridized carbons (Fsp3) is 0.900. The molecule has 1 aliphatic carbocycles. The van der Waals surface area contributed by atoms with Crippen LogP contribution >= 0.6 is 0 Å². The average Bonchev–Trinajstić information content (AvgIpc) is 2.82. The zero-order valence-electron chi connectivity index (χ0n) is 8.47. The molecule has 3 nitrogen and oxygen atoms in total. The molecule has 1 atom stereocenters. The van der Waals surface area contributed by atoms with Crippen LogP contribution in [0.1, 0.15) is 39.5 Å². The molecule has 2 N–H and O–H groups in total. The van der Waals surface area contributed by atoms with Crippen LogP contribution in [-0.2, 0) is 4.79 Å². The van der Waals surface area contributed by atoms with Crippen LogP contribution in [0.2, 0.25) is 0 Å². The molecule has 0 aromatic heterocycles. The van der Waals surface area contributed by atoms with Gasteiger partial charge in [-0.1, -0.05) is 13.3 Å². The standard InChI is InChI=1S/C10H19NO2/c1-3-4-8(2)11-7-10(5-6-10)9(12)13/h8,11H,3-7H2,1-2H3,(H,12,13). The van der Waals surface area contributed by atoms with Crippen LogP contribution in [0.15, 0.2) is 0 Å². The van der Waals surface area contributed by atoms with E-state index in [1.165, 1.54) is 0 Å². The molecule has 1 aliphatic rings. The number of aliphatic carboxylic acids is 1. The van der Waals surface area contributed by atoms with Gasteiger partial charge in [0.05, 0.1) is 5.41 Å². The number of rotatable bonds is 6. The lowest BCUT2D eigenvalue weighted by Gasteiger charge is -2.16. The first-order valence-electron chi connectivity index (χ1n) is 5.07. The van der Waals surface area contributed by atoms with Crippen molar-refractivity contribution in [3.63, 3.8) is 0 Å². The van der Waals surface area contributed by atoms with Gasteiger partial charge in [-0.25, -0.2) is 0 Å². The van der Waals surface area contributed by atoms with E-state index in [1.807, 2.05) is 0 Å². The van der Waals surface area contributed by atoms with Gasteiger partial charge in [0.15, 0.2) is 0 Å². The molecule has 0 saturated heterocycles. The van der Waals surface area contributed by atoms with Gasteiger partial charge in [-0.05, 0) is 26.2 Å². The molecular weight excluding hydrogens is 166 g/mol. The number of carboxylic acid groups (broad SMARTS) is 1. The summed E-state index contributed by atoms with van der Waals surface area (Å²) < 4.78 is 0. The first-order chi connectivity index (χ1) is 6.10. The lowest BCUT2D eigenvalue weighted by Crippen LogP contribution is -2.35. The molecule has 76 valence electrons. The van der Waals surface area contributed by atoms with Gasteiger partial charge in [-0.15, -0.1) is 0 Å². The zero-order chi connectivity index (χ0) is 9.90. The first kappa shape index (κ1) is 10.5. The van der Waals surface area contributed by atoms with E-state index in [1.54, 1.807) is 0 Å². The largest absolute Gasteiger partial charge is 0.481 e. The van der Waals surface area contributed by atoms with Crippen molar-refractivity contribution in [2.24, 2.45) is 5.41 Å². The van der Waals surface area contributed by atoms with Gasteiger partial charge in [-0.2, -0.15) is 0 Å². The molecule has 0 radical (unpaired) electrons. The first-order valence-corrected chi connectivity index (χ1v) is 5.07. The maximum absolute atomic E-state index is 10.8.